The summed E-state index contributed by atoms with van der Waals surface area (Å²) >= 11 is 5.84. The topological polar surface area (TPSA) is 79.4 Å². The normalized spacial score (nSPS) is 20.2. The second-order valence-corrected chi connectivity index (χ2v) is 5.84. The number of morpholine rings is 1. The zero-order valence-electron chi connectivity index (χ0n) is 13.5. The fourth-order valence-corrected chi connectivity index (χ4v) is 2.97. The van der Waals surface area contributed by atoms with Crippen LogP contribution in [-0.4, -0.2) is 36.7 Å². The first-order valence-corrected chi connectivity index (χ1v) is 7.74. The number of hydrogen-bond acceptors (Lipinski definition) is 6. The van der Waals surface area contributed by atoms with Crippen LogP contribution in [0.5, 0.6) is 0 Å². The van der Waals surface area contributed by atoms with Crippen molar-refractivity contribution in [3.05, 3.63) is 22.6 Å². The number of ether oxygens (including phenoxy) is 1. The smallest absolute Gasteiger partial charge is 0.206 e. The lowest BCUT2D eigenvalue weighted by atomic mass is 10.1. The Hall–Kier alpha value is -2.17. The van der Waals surface area contributed by atoms with Gasteiger partial charge in [-0.15, -0.1) is 0 Å². The van der Waals surface area contributed by atoms with Gasteiger partial charge in [0.05, 0.1) is 29.4 Å². The molecule has 0 amide bonds. The number of carbonyl (C=O) groups is 1. The van der Waals surface area contributed by atoms with Crippen LogP contribution in [0, 0.1) is 17.1 Å². The summed E-state index contributed by atoms with van der Waals surface area (Å²) in [6, 6.07) is 3.25. The van der Waals surface area contributed by atoms with E-state index in [-0.39, 0.29) is 34.2 Å². The van der Waals surface area contributed by atoms with Crippen molar-refractivity contribution in [1.29, 1.82) is 5.26 Å². The van der Waals surface area contributed by atoms with Gasteiger partial charge in [0.25, 0.3) is 0 Å². The van der Waals surface area contributed by atoms with E-state index >= 15 is 0 Å². The number of aromatic nitrogens is 1. The van der Waals surface area contributed by atoms with Gasteiger partial charge in [-0.3, -0.25) is 4.79 Å². The Morgan fingerprint density at radius 2 is 2.04 bits per heavy atom. The fraction of sp³-hybridized carbons (Fsp3) is 0.438. The molecule has 24 heavy (non-hydrogen) atoms. The van der Waals surface area contributed by atoms with Crippen molar-refractivity contribution in [2.45, 2.75) is 33.0 Å². The van der Waals surface area contributed by atoms with Crippen molar-refractivity contribution >= 4 is 34.5 Å². The van der Waals surface area contributed by atoms with Gasteiger partial charge in [-0.05, 0) is 19.9 Å². The Labute approximate surface area is 143 Å². The van der Waals surface area contributed by atoms with Crippen molar-refractivity contribution < 1.29 is 18.4 Å². The maximum atomic E-state index is 14.7. The molecule has 6 nitrogen and oxygen atoms in total. The van der Waals surface area contributed by atoms with Crippen molar-refractivity contribution in [3.63, 3.8) is 0 Å². The first-order chi connectivity index (χ1) is 11.4. The van der Waals surface area contributed by atoms with E-state index in [0.717, 1.165) is 0 Å². The first kappa shape index (κ1) is 18.2. The number of benzene rings is 1. The van der Waals surface area contributed by atoms with E-state index in [2.05, 4.69) is 5.16 Å². The molecule has 2 atom stereocenters. The molecule has 1 saturated heterocycles. The number of halogens is 2. The van der Waals surface area contributed by atoms with Gasteiger partial charge in [-0.25, -0.2) is 4.39 Å². The molecule has 8 heteroatoms. The number of nitrogens with zero attached hydrogens (tertiary/aromatic N) is 3. The van der Waals surface area contributed by atoms with Crippen LogP contribution >= 0.6 is 11.6 Å². The van der Waals surface area contributed by atoms with E-state index in [9.17, 15) is 9.18 Å². The highest BCUT2D eigenvalue weighted by Crippen LogP contribution is 2.35. The van der Waals surface area contributed by atoms with E-state index in [4.69, 9.17) is 26.1 Å². The molecule has 128 valence electrons. The number of fused-ring (bicyclic) bond motifs is 1. The molecule has 0 unspecified atom stereocenters. The molecule has 1 aromatic heterocycles. The predicted molar refractivity (Wildman–Crippen MR) is 87.9 cm³/mol. The Bertz CT molecular complexity index is 777. The van der Waals surface area contributed by atoms with Gasteiger partial charge >= 0.3 is 0 Å². The minimum absolute atomic E-state index is 0.0348. The first-order valence-electron chi connectivity index (χ1n) is 7.36. The van der Waals surface area contributed by atoms with E-state index in [0.29, 0.717) is 24.8 Å². The van der Waals surface area contributed by atoms with Crippen LogP contribution in [0.1, 0.15) is 31.1 Å². The molecule has 0 saturated carbocycles. The van der Waals surface area contributed by atoms with Gasteiger partial charge in [0.15, 0.2) is 17.3 Å². The third-order valence-corrected chi connectivity index (χ3v) is 3.80. The summed E-state index contributed by atoms with van der Waals surface area (Å²) in [5, 5.41) is 11.2. The zero-order chi connectivity index (χ0) is 17.9. The molecule has 0 aliphatic carbocycles. The summed E-state index contributed by atoms with van der Waals surface area (Å²) in [7, 11) is 0. The SMILES string of the molecule is CC#N.C[C@@H]1CN(c2c(C=O)cc3c(Cl)noc3c2F)C[C@@H](C)O1. The molecule has 2 aromatic rings. The lowest BCUT2D eigenvalue weighted by Gasteiger charge is -2.37. The number of anilines is 1. The zero-order valence-corrected chi connectivity index (χ0v) is 14.3. The van der Waals surface area contributed by atoms with Gasteiger partial charge in [-0.2, -0.15) is 5.26 Å². The average Bonchev–Trinajstić information content (AvgIpc) is 2.88. The summed E-state index contributed by atoms with van der Waals surface area (Å²) in [5.41, 5.74) is 0.408. The third-order valence-electron chi connectivity index (χ3n) is 3.53. The molecule has 3 rings (SSSR count). The van der Waals surface area contributed by atoms with E-state index in [1.54, 1.807) is 11.0 Å². The van der Waals surface area contributed by atoms with Crippen LogP contribution in [-0.2, 0) is 4.74 Å². The Morgan fingerprint density at radius 1 is 1.46 bits per heavy atom. The Morgan fingerprint density at radius 3 is 2.58 bits per heavy atom. The van der Waals surface area contributed by atoms with E-state index in [1.807, 2.05) is 13.8 Å². The lowest BCUT2D eigenvalue weighted by Crippen LogP contribution is -2.46. The number of hydrogen-bond donors (Lipinski definition) is 0. The maximum absolute atomic E-state index is 14.7. The van der Waals surface area contributed by atoms with Crippen molar-refractivity contribution in [2.75, 3.05) is 18.0 Å². The summed E-state index contributed by atoms with van der Waals surface area (Å²) < 4.78 is 25.3. The van der Waals surface area contributed by atoms with Crippen molar-refractivity contribution in [1.82, 2.24) is 5.16 Å². The molecule has 2 heterocycles. The van der Waals surface area contributed by atoms with Gasteiger partial charge in [-0.1, -0.05) is 16.8 Å². The molecular formula is C16H17ClFN3O3. The van der Waals surface area contributed by atoms with Gasteiger partial charge in [0, 0.05) is 25.6 Å². The molecule has 1 aliphatic heterocycles. The lowest BCUT2D eigenvalue weighted by molar-refractivity contribution is -0.00543. The highest BCUT2D eigenvalue weighted by molar-refractivity contribution is 6.34. The van der Waals surface area contributed by atoms with Gasteiger partial charge in [0.1, 0.15) is 0 Å². The van der Waals surface area contributed by atoms with Crippen LogP contribution in [0.25, 0.3) is 11.0 Å². The summed E-state index contributed by atoms with van der Waals surface area (Å²) in [5.74, 6) is -0.615. The van der Waals surface area contributed by atoms with E-state index in [1.165, 1.54) is 13.0 Å². The van der Waals surface area contributed by atoms with Crippen LogP contribution < -0.4 is 4.90 Å². The van der Waals surface area contributed by atoms with Crippen LogP contribution in [0.4, 0.5) is 10.1 Å². The molecule has 1 aliphatic rings. The minimum Gasteiger partial charge on any atom is -0.372 e. The van der Waals surface area contributed by atoms with E-state index < -0.39 is 5.82 Å². The fourth-order valence-electron chi connectivity index (χ4n) is 2.79. The monoisotopic (exact) mass is 353 g/mol. The largest absolute Gasteiger partial charge is 0.372 e. The molecule has 0 spiro atoms. The number of aldehydes is 1. The molecule has 0 N–H and O–H groups in total. The number of rotatable bonds is 2. The summed E-state index contributed by atoms with van der Waals surface area (Å²) in [6.45, 7) is 6.24. The predicted octanol–water partition coefficient (Wildman–Crippen LogP) is 3.58. The standard InChI is InChI=1S/C14H14ClFN2O3.C2H3N/c1-7-4-18(5-8(2)20-7)12-9(6-19)3-10-13(11(12)16)21-17-14(10)15;1-2-3/h3,6-8H,4-5H2,1-2H3;1H3/t7-,8-;/m1./s1. The molecule has 0 bridgehead atoms. The Balaban J connectivity index is 0.000000647. The second kappa shape index (κ2) is 7.60. The third kappa shape index (κ3) is 3.50. The maximum Gasteiger partial charge on any atom is 0.206 e. The van der Waals surface area contributed by atoms with Crippen LogP contribution in [0.15, 0.2) is 10.6 Å². The molecule has 1 aromatic carbocycles. The Kier molecular flexibility index (Phi) is 5.75. The van der Waals surface area contributed by atoms with Crippen LogP contribution in [0.3, 0.4) is 0 Å². The summed E-state index contributed by atoms with van der Waals surface area (Å²) in [6.07, 6.45) is 0.509. The quantitative estimate of drug-likeness (QED) is 0.768. The molecular weight excluding hydrogens is 337 g/mol. The average molecular weight is 354 g/mol. The van der Waals surface area contributed by atoms with Crippen molar-refractivity contribution in [2.24, 2.45) is 0 Å². The summed E-state index contributed by atoms with van der Waals surface area (Å²) in [4.78, 5) is 13.1. The van der Waals surface area contributed by atoms with Gasteiger partial charge in [0.2, 0.25) is 5.58 Å². The van der Waals surface area contributed by atoms with Gasteiger partial charge < -0.3 is 14.2 Å². The minimum atomic E-state index is -0.615. The highest BCUT2D eigenvalue weighted by atomic mass is 35.5. The number of carbonyl (C=O) groups excluding carboxylic acids is 1. The molecule has 1 fully saturated rings. The van der Waals surface area contributed by atoms with Crippen LogP contribution in [0.2, 0.25) is 5.15 Å². The number of nitriles is 1. The molecule has 0 radical (unpaired) electrons. The van der Waals surface area contributed by atoms with Crippen molar-refractivity contribution in [3.8, 4) is 6.07 Å². The highest BCUT2D eigenvalue weighted by Gasteiger charge is 2.29. The second-order valence-electron chi connectivity index (χ2n) is 5.48.